The summed E-state index contributed by atoms with van der Waals surface area (Å²) in [5.74, 6) is 0.553. The van der Waals surface area contributed by atoms with Gasteiger partial charge in [-0.1, -0.05) is 13.8 Å². The molecular weight excluding hydrogens is 216 g/mol. The van der Waals surface area contributed by atoms with Crippen molar-refractivity contribution >= 4 is 5.91 Å². The van der Waals surface area contributed by atoms with E-state index in [0.717, 1.165) is 19.5 Å². The number of amides is 1. The lowest BCUT2D eigenvalue weighted by atomic mass is 10.2. The number of nitrogens with zero attached hydrogens (tertiary/aromatic N) is 2. The van der Waals surface area contributed by atoms with Gasteiger partial charge in [-0.25, -0.2) is 0 Å². The highest BCUT2D eigenvalue weighted by Crippen LogP contribution is 1.95. The Labute approximate surface area is 103 Å². The van der Waals surface area contributed by atoms with Crippen LogP contribution in [0.3, 0.4) is 0 Å². The Morgan fingerprint density at radius 3 is 2.88 bits per heavy atom. The molecule has 0 fully saturated rings. The lowest BCUT2D eigenvalue weighted by Gasteiger charge is -2.08. The lowest BCUT2D eigenvalue weighted by molar-refractivity contribution is -0.120. The van der Waals surface area contributed by atoms with Gasteiger partial charge in [-0.3, -0.25) is 9.48 Å². The van der Waals surface area contributed by atoms with E-state index in [1.807, 2.05) is 17.8 Å². The Morgan fingerprint density at radius 1 is 1.53 bits per heavy atom. The van der Waals surface area contributed by atoms with Gasteiger partial charge in [0.2, 0.25) is 5.91 Å². The first-order chi connectivity index (χ1) is 8.09. The van der Waals surface area contributed by atoms with Gasteiger partial charge < -0.3 is 10.6 Å². The van der Waals surface area contributed by atoms with E-state index >= 15 is 0 Å². The fourth-order valence-electron chi connectivity index (χ4n) is 1.45. The molecule has 5 heteroatoms. The van der Waals surface area contributed by atoms with Crippen LogP contribution in [0.5, 0.6) is 0 Å². The van der Waals surface area contributed by atoms with Crippen LogP contribution in [0.2, 0.25) is 0 Å². The van der Waals surface area contributed by atoms with Crippen molar-refractivity contribution in [2.75, 3.05) is 19.6 Å². The number of aryl methyl sites for hydroxylation is 1. The first-order valence-corrected chi connectivity index (χ1v) is 6.04. The third kappa shape index (κ3) is 5.49. The number of hydrogen-bond donors (Lipinski definition) is 2. The molecule has 1 rings (SSSR count). The van der Waals surface area contributed by atoms with Gasteiger partial charge >= 0.3 is 0 Å². The Balaban J connectivity index is 2.08. The molecule has 0 spiro atoms. The van der Waals surface area contributed by atoms with Crippen LogP contribution >= 0.6 is 0 Å². The van der Waals surface area contributed by atoms with Crippen LogP contribution in [-0.4, -0.2) is 35.3 Å². The average Bonchev–Trinajstić information content (AvgIpc) is 2.68. The summed E-state index contributed by atoms with van der Waals surface area (Å²) < 4.78 is 1.85. The number of rotatable bonds is 7. The van der Waals surface area contributed by atoms with Crippen molar-refractivity contribution in [3.8, 4) is 0 Å². The fourth-order valence-corrected chi connectivity index (χ4v) is 1.45. The van der Waals surface area contributed by atoms with Crippen LogP contribution < -0.4 is 10.6 Å². The molecule has 1 amide bonds. The van der Waals surface area contributed by atoms with E-state index in [4.69, 9.17) is 0 Å². The quantitative estimate of drug-likeness (QED) is 0.673. The molecule has 0 aliphatic heterocycles. The Hall–Kier alpha value is -1.36. The molecule has 0 saturated carbocycles. The van der Waals surface area contributed by atoms with E-state index in [1.54, 1.807) is 6.20 Å². The van der Waals surface area contributed by atoms with Crippen molar-refractivity contribution in [2.24, 2.45) is 13.0 Å². The Bertz CT molecular complexity index is 346. The Kier molecular flexibility index (Phi) is 5.69. The summed E-state index contributed by atoms with van der Waals surface area (Å²) >= 11 is 0. The first-order valence-electron chi connectivity index (χ1n) is 6.04. The molecule has 0 aliphatic rings. The van der Waals surface area contributed by atoms with Crippen LogP contribution in [0.25, 0.3) is 0 Å². The van der Waals surface area contributed by atoms with Gasteiger partial charge in [0.1, 0.15) is 0 Å². The normalized spacial score (nSPS) is 10.8. The van der Waals surface area contributed by atoms with E-state index in [-0.39, 0.29) is 5.91 Å². The van der Waals surface area contributed by atoms with E-state index in [0.29, 0.717) is 12.5 Å². The number of hydrogen-bond acceptors (Lipinski definition) is 3. The second-order valence-electron chi connectivity index (χ2n) is 4.57. The fraction of sp³-hybridized carbons (Fsp3) is 0.667. The summed E-state index contributed by atoms with van der Waals surface area (Å²) in [5, 5.41) is 10.1. The summed E-state index contributed by atoms with van der Waals surface area (Å²) in [6.45, 7) is 6.06. The van der Waals surface area contributed by atoms with Crippen LogP contribution in [0.1, 0.15) is 19.5 Å². The van der Waals surface area contributed by atoms with Crippen LogP contribution in [0, 0.1) is 5.92 Å². The molecular formula is C12H22N4O. The maximum absolute atomic E-state index is 11.4. The average molecular weight is 238 g/mol. The predicted molar refractivity (Wildman–Crippen MR) is 67.6 cm³/mol. The second-order valence-corrected chi connectivity index (χ2v) is 4.57. The van der Waals surface area contributed by atoms with Crippen molar-refractivity contribution in [1.29, 1.82) is 0 Å². The summed E-state index contributed by atoms with van der Waals surface area (Å²) in [7, 11) is 1.92. The third-order valence-electron chi connectivity index (χ3n) is 2.47. The molecule has 1 aromatic rings. The van der Waals surface area contributed by atoms with Crippen molar-refractivity contribution < 1.29 is 4.79 Å². The summed E-state index contributed by atoms with van der Waals surface area (Å²) in [5.41, 5.74) is 1.17. The minimum atomic E-state index is 0.0590. The zero-order chi connectivity index (χ0) is 12.7. The molecule has 0 atom stereocenters. The SMILES string of the molecule is CC(C)CNC(=O)CNCCc1ccnn1C. The molecule has 0 aromatic carbocycles. The molecule has 1 heterocycles. The third-order valence-corrected chi connectivity index (χ3v) is 2.47. The number of carbonyl (C=O) groups excluding carboxylic acids is 1. The highest BCUT2D eigenvalue weighted by molar-refractivity contribution is 5.77. The van der Waals surface area contributed by atoms with Crippen molar-refractivity contribution in [3.05, 3.63) is 18.0 Å². The molecule has 2 N–H and O–H groups in total. The van der Waals surface area contributed by atoms with E-state index in [1.165, 1.54) is 5.69 Å². The maximum Gasteiger partial charge on any atom is 0.233 e. The Morgan fingerprint density at radius 2 is 2.29 bits per heavy atom. The van der Waals surface area contributed by atoms with Crippen LogP contribution in [-0.2, 0) is 18.3 Å². The molecule has 0 unspecified atom stereocenters. The molecule has 17 heavy (non-hydrogen) atoms. The predicted octanol–water partition coefficient (Wildman–Crippen LogP) is 0.324. The largest absolute Gasteiger partial charge is 0.355 e. The summed E-state index contributed by atoms with van der Waals surface area (Å²) in [6.07, 6.45) is 2.67. The van der Waals surface area contributed by atoms with Crippen LogP contribution in [0.4, 0.5) is 0 Å². The molecule has 0 bridgehead atoms. The monoisotopic (exact) mass is 238 g/mol. The minimum absolute atomic E-state index is 0.0590. The van der Waals surface area contributed by atoms with E-state index in [9.17, 15) is 4.79 Å². The molecule has 1 aromatic heterocycles. The van der Waals surface area contributed by atoms with Crippen molar-refractivity contribution in [1.82, 2.24) is 20.4 Å². The molecule has 5 nitrogen and oxygen atoms in total. The van der Waals surface area contributed by atoms with Gasteiger partial charge in [0, 0.05) is 38.4 Å². The molecule has 96 valence electrons. The van der Waals surface area contributed by atoms with Gasteiger partial charge in [0.15, 0.2) is 0 Å². The summed E-state index contributed by atoms with van der Waals surface area (Å²) in [6, 6.07) is 1.99. The zero-order valence-corrected chi connectivity index (χ0v) is 10.9. The van der Waals surface area contributed by atoms with Crippen molar-refractivity contribution in [2.45, 2.75) is 20.3 Å². The van der Waals surface area contributed by atoms with Crippen molar-refractivity contribution in [3.63, 3.8) is 0 Å². The maximum atomic E-state index is 11.4. The zero-order valence-electron chi connectivity index (χ0n) is 10.9. The molecule has 0 aliphatic carbocycles. The van der Waals surface area contributed by atoms with Gasteiger partial charge in [0.05, 0.1) is 6.54 Å². The number of carbonyl (C=O) groups is 1. The summed E-state index contributed by atoms with van der Waals surface area (Å²) in [4.78, 5) is 11.4. The smallest absolute Gasteiger partial charge is 0.233 e. The highest BCUT2D eigenvalue weighted by atomic mass is 16.1. The number of nitrogens with one attached hydrogen (secondary N) is 2. The lowest BCUT2D eigenvalue weighted by Crippen LogP contribution is -2.36. The first kappa shape index (κ1) is 13.7. The van der Waals surface area contributed by atoms with E-state index < -0.39 is 0 Å². The van der Waals surface area contributed by atoms with Gasteiger partial charge in [0.25, 0.3) is 0 Å². The standard InChI is InChI=1S/C12H22N4O/c1-10(2)8-14-12(17)9-13-6-4-11-5-7-15-16(11)3/h5,7,10,13H,4,6,8-9H2,1-3H3,(H,14,17). The van der Waals surface area contributed by atoms with Gasteiger partial charge in [-0.2, -0.15) is 5.10 Å². The molecule has 0 saturated heterocycles. The van der Waals surface area contributed by atoms with Gasteiger partial charge in [-0.15, -0.1) is 0 Å². The molecule has 0 radical (unpaired) electrons. The minimum Gasteiger partial charge on any atom is -0.355 e. The second kappa shape index (κ2) is 7.06. The van der Waals surface area contributed by atoms with E-state index in [2.05, 4.69) is 29.6 Å². The van der Waals surface area contributed by atoms with Crippen LogP contribution in [0.15, 0.2) is 12.3 Å². The van der Waals surface area contributed by atoms with Gasteiger partial charge in [-0.05, 0) is 12.0 Å². The number of aromatic nitrogens is 2. The highest BCUT2D eigenvalue weighted by Gasteiger charge is 2.02. The topological polar surface area (TPSA) is 59.0 Å².